The molecule has 1 aromatic rings. The van der Waals surface area contributed by atoms with E-state index in [1.807, 2.05) is 0 Å². The van der Waals surface area contributed by atoms with Crippen molar-refractivity contribution in [3.8, 4) is 0 Å². The van der Waals surface area contributed by atoms with Crippen molar-refractivity contribution in [2.75, 3.05) is 18.0 Å². The summed E-state index contributed by atoms with van der Waals surface area (Å²) in [6, 6.07) is 4.78. The van der Waals surface area contributed by atoms with Gasteiger partial charge < -0.3 is 4.90 Å². The number of anilines is 1. The van der Waals surface area contributed by atoms with Crippen LogP contribution in [0.4, 0.5) is 11.4 Å². The predicted molar refractivity (Wildman–Crippen MR) is 82.9 cm³/mol. The molecule has 1 heterocycles. The first-order valence-corrected chi connectivity index (χ1v) is 7.40. The Balaban J connectivity index is 2.28. The highest BCUT2D eigenvalue weighted by molar-refractivity contribution is 5.95. The van der Waals surface area contributed by atoms with Gasteiger partial charge in [-0.1, -0.05) is 20.3 Å². The summed E-state index contributed by atoms with van der Waals surface area (Å²) >= 11 is 0. The molecule has 0 N–H and O–H groups in total. The molecule has 0 aliphatic carbocycles. The number of nitrogens with zero attached hydrogens (tertiary/aromatic N) is 2. The van der Waals surface area contributed by atoms with Crippen LogP contribution in [0.3, 0.4) is 0 Å². The van der Waals surface area contributed by atoms with Gasteiger partial charge in [0.05, 0.1) is 4.92 Å². The molecule has 1 saturated heterocycles. The maximum atomic E-state index is 11.4. The molecule has 21 heavy (non-hydrogen) atoms. The van der Waals surface area contributed by atoms with Crippen LogP contribution in [0.5, 0.6) is 0 Å². The normalized spacial score (nSPS) is 17.6. The van der Waals surface area contributed by atoms with Crippen molar-refractivity contribution in [3.05, 3.63) is 33.9 Å². The van der Waals surface area contributed by atoms with Gasteiger partial charge in [-0.2, -0.15) is 0 Å². The topological polar surface area (TPSA) is 63.5 Å². The largest absolute Gasteiger partial charge is 0.366 e. The molecule has 5 heteroatoms. The quantitative estimate of drug-likeness (QED) is 0.480. The van der Waals surface area contributed by atoms with E-state index in [0.717, 1.165) is 32.4 Å². The molecule has 2 rings (SSSR count). The molecule has 0 spiro atoms. The maximum Gasteiger partial charge on any atom is 0.293 e. The fourth-order valence-corrected chi connectivity index (χ4v) is 2.80. The lowest BCUT2D eigenvalue weighted by Crippen LogP contribution is -2.38. The van der Waals surface area contributed by atoms with Crippen molar-refractivity contribution in [3.63, 3.8) is 0 Å². The predicted octanol–water partition coefficient (Wildman–Crippen LogP) is 3.81. The second-order valence-corrected chi connectivity index (χ2v) is 6.17. The molecule has 1 aliphatic rings. The van der Waals surface area contributed by atoms with E-state index in [4.69, 9.17) is 0 Å². The van der Waals surface area contributed by atoms with Gasteiger partial charge in [0, 0.05) is 24.7 Å². The number of carbonyl (C=O) groups excluding carboxylic acids is 1. The number of nitro benzene ring substituents is 1. The molecule has 1 fully saturated rings. The number of nitro groups is 1. The molecule has 0 unspecified atom stereocenters. The van der Waals surface area contributed by atoms with Crippen molar-refractivity contribution in [1.82, 2.24) is 0 Å². The van der Waals surface area contributed by atoms with Crippen LogP contribution in [0.15, 0.2) is 18.2 Å². The first-order valence-electron chi connectivity index (χ1n) is 7.40. The van der Waals surface area contributed by atoms with Gasteiger partial charge in [-0.15, -0.1) is 0 Å². The Morgan fingerprint density at radius 2 is 2.00 bits per heavy atom. The SMILES string of the molecule is CCC1(C)CCN(c2ccc(C(C)=O)cc2[N+](=O)[O-])CC1. The number of Topliss-reactive ketones (excluding diaryl/α,β-unsaturated/α-hetero) is 1. The highest BCUT2D eigenvalue weighted by Gasteiger charge is 2.31. The standard InChI is InChI=1S/C16H22N2O3/c1-4-16(3)7-9-17(10-8-16)14-6-5-13(12(2)19)11-15(14)18(20)21/h5-6,11H,4,7-10H2,1-3H3. The van der Waals surface area contributed by atoms with E-state index in [1.54, 1.807) is 12.1 Å². The summed E-state index contributed by atoms with van der Waals surface area (Å²) in [5.41, 5.74) is 1.39. The molecule has 1 aromatic carbocycles. The summed E-state index contributed by atoms with van der Waals surface area (Å²) in [5.74, 6) is -0.151. The highest BCUT2D eigenvalue weighted by atomic mass is 16.6. The van der Waals surface area contributed by atoms with Crippen LogP contribution in [0.25, 0.3) is 0 Å². The second-order valence-electron chi connectivity index (χ2n) is 6.17. The van der Waals surface area contributed by atoms with Crippen molar-refractivity contribution in [2.45, 2.75) is 40.0 Å². The zero-order valence-corrected chi connectivity index (χ0v) is 12.9. The fraction of sp³-hybridized carbons (Fsp3) is 0.562. The second kappa shape index (κ2) is 5.84. The third-order valence-corrected chi connectivity index (χ3v) is 4.74. The molecule has 0 saturated carbocycles. The van der Waals surface area contributed by atoms with Gasteiger partial charge in [-0.3, -0.25) is 14.9 Å². The maximum absolute atomic E-state index is 11.4. The first-order chi connectivity index (χ1) is 9.86. The molecule has 5 nitrogen and oxygen atoms in total. The van der Waals surface area contributed by atoms with E-state index in [0.29, 0.717) is 16.7 Å². The number of hydrogen-bond donors (Lipinski definition) is 0. The van der Waals surface area contributed by atoms with Crippen LogP contribution in [-0.2, 0) is 0 Å². The third kappa shape index (κ3) is 3.23. The average molecular weight is 290 g/mol. The van der Waals surface area contributed by atoms with Crippen molar-refractivity contribution >= 4 is 17.2 Å². The lowest BCUT2D eigenvalue weighted by atomic mass is 9.78. The number of benzene rings is 1. The minimum atomic E-state index is -0.393. The number of carbonyl (C=O) groups is 1. The summed E-state index contributed by atoms with van der Waals surface area (Å²) in [7, 11) is 0. The Hall–Kier alpha value is -1.91. The minimum Gasteiger partial charge on any atom is -0.366 e. The number of ketones is 1. The molecule has 0 aromatic heterocycles. The van der Waals surface area contributed by atoms with Gasteiger partial charge in [0.2, 0.25) is 0 Å². The van der Waals surface area contributed by atoms with Crippen molar-refractivity contribution < 1.29 is 9.72 Å². The monoisotopic (exact) mass is 290 g/mol. The van der Waals surface area contributed by atoms with Gasteiger partial charge >= 0.3 is 0 Å². The smallest absolute Gasteiger partial charge is 0.293 e. The Kier molecular flexibility index (Phi) is 4.30. The van der Waals surface area contributed by atoms with E-state index in [9.17, 15) is 14.9 Å². The molecule has 0 amide bonds. The van der Waals surface area contributed by atoms with Crippen molar-refractivity contribution in [1.29, 1.82) is 0 Å². The molecule has 0 bridgehead atoms. The molecule has 1 aliphatic heterocycles. The zero-order chi connectivity index (χ0) is 15.6. The minimum absolute atomic E-state index is 0.0304. The summed E-state index contributed by atoms with van der Waals surface area (Å²) in [5, 5.41) is 11.3. The Bertz CT molecular complexity index is 561. The van der Waals surface area contributed by atoms with E-state index in [2.05, 4.69) is 18.7 Å². The van der Waals surface area contributed by atoms with E-state index < -0.39 is 4.92 Å². The lowest BCUT2D eigenvalue weighted by molar-refractivity contribution is -0.384. The van der Waals surface area contributed by atoms with Gasteiger partial charge in [-0.05, 0) is 37.3 Å². The van der Waals surface area contributed by atoms with Gasteiger partial charge in [0.25, 0.3) is 5.69 Å². The van der Waals surface area contributed by atoms with Gasteiger partial charge in [-0.25, -0.2) is 0 Å². The average Bonchev–Trinajstić information content (AvgIpc) is 2.47. The fourth-order valence-electron chi connectivity index (χ4n) is 2.80. The zero-order valence-electron chi connectivity index (χ0n) is 12.9. The van der Waals surface area contributed by atoms with E-state index in [1.165, 1.54) is 13.0 Å². The summed E-state index contributed by atoms with van der Waals surface area (Å²) in [4.78, 5) is 24.4. The van der Waals surface area contributed by atoms with Crippen LogP contribution in [0, 0.1) is 15.5 Å². The molecule has 0 atom stereocenters. The molecule has 0 radical (unpaired) electrons. The van der Waals surface area contributed by atoms with E-state index in [-0.39, 0.29) is 11.5 Å². The van der Waals surface area contributed by atoms with Crippen LogP contribution in [-0.4, -0.2) is 23.8 Å². The highest BCUT2D eigenvalue weighted by Crippen LogP contribution is 2.38. The summed E-state index contributed by atoms with van der Waals surface area (Å²) < 4.78 is 0. The van der Waals surface area contributed by atoms with Crippen LogP contribution in [0.1, 0.15) is 50.4 Å². The molecule has 114 valence electrons. The first kappa shape index (κ1) is 15.5. The summed E-state index contributed by atoms with van der Waals surface area (Å²) in [6.07, 6.45) is 3.20. The Morgan fingerprint density at radius 3 is 2.48 bits per heavy atom. The summed E-state index contributed by atoms with van der Waals surface area (Å²) in [6.45, 7) is 7.54. The third-order valence-electron chi connectivity index (χ3n) is 4.74. The van der Waals surface area contributed by atoms with Crippen molar-refractivity contribution in [2.24, 2.45) is 5.41 Å². The Labute approximate surface area is 125 Å². The number of piperidine rings is 1. The Morgan fingerprint density at radius 1 is 1.38 bits per heavy atom. The van der Waals surface area contributed by atoms with Gasteiger partial charge in [0.1, 0.15) is 5.69 Å². The molecular weight excluding hydrogens is 268 g/mol. The number of rotatable bonds is 4. The lowest BCUT2D eigenvalue weighted by Gasteiger charge is -2.39. The number of hydrogen-bond acceptors (Lipinski definition) is 4. The molecular formula is C16H22N2O3. The van der Waals surface area contributed by atoms with Crippen LogP contribution in [0.2, 0.25) is 0 Å². The van der Waals surface area contributed by atoms with Gasteiger partial charge in [0.15, 0.2) is 5.78 Å². The van der Waals surface area contributed by atoms with Crippen LogP contribution < -0.4 is 4.90 Å². The van der Waals surface area contributed by atoms with E-state index >= 15 is 0 Å². The van der Waals surface area contributed by atoms with Crippen LogP contribution >= 0.6 is 0 Å².